The number of nitrogens with one attached hydrogen (secondary N) is 2. The molecule has 0 aliphatic carbocycles. The van der Waals surface area contributed by atoms with E-state index < -0.39 is 20.9 Å². The lowest BCUT2D eigenvalue weighted by Gasteiger charge is -2.12. The predicted molar refractivity (Wildman–Crippen MR) is 114 cm³/mol. The van der Waals surface area contributed by atoms with Crippen molar-refractivity contribution >= 4 is 44.6 Å². The molecule has 2 N–H and O–H groups in total. The highest BCUT2D eigenvalue weighted by Gasteiger charge is 2.16. The van der Waals surface area contributed by atoms with Gasteiger partial charge in [0.2, 0.25) is 0 Å². The first-order valence-electron chi connectivity index (χ1n) is 8.60. The Kier molecular flexibility index (Phi) is 6.04. The van der Waals surface area contributed by atoms with E-state index in [-0.39, 0.29) is 21.8 Å². The first kappa shape index (κ1) is 21.3. The summed E-state index contributed by atoms with van der Waals surface area (Å²) in [4.78, 5) is 22.8. The van der Waals surface area contributed by atoms with Gasteiger partial charge >= 0.3 is 0 Å². The number of carbonyl (C=O) groups is 1. The SMILES string of the molecule is Cc1cc(C(=O)Nc2cccc([N+](=O)[O-])c2)ccc1NS(=O)(=O)c1ccc(Cl)cc1. The average Bonchev–Trinajstić information content (AvgIpc) is 2.70. The molecule has 8 nitrogen and oxygen atoms in total. The van der Waals surface area contributed by atoms with E-state index in [1.165, 1.54) is 66.7 Å². The van der Waals surface area contributed by atoms with Crippen LogP contribution in [0.4, 0.5) is 17.1 Å². The first-order valence-corrected chi connectivity index (χ1v) is 10.5. The van der Waals surface area contributed by atoms with Crippen LogP contribution in [-0.4, -0.2) is 19.2 Å². The van der Waals surface area contributed by atoms with Crippen molar-refractivity contribution in [2.45, 2.75) is 11.8 Å². The third-order valence-corrected chi connectivity index (χ3v) is 5.81. The third kappa shape index (κ3) is 4.94. The molecule has 0 heterocycles. The van der Waals surface area contributed by atoms with Crippen LogP contribution in [0, 0.1) is 17.0 Å². The van der Waals surface area contributed by atoms with Gasteiger partial charge in [0.15, 0.2) is 0 Å². The van der Waals surface area contributed by atoms with Gasteiger partial charge in [-0.05, 0) is 61.0 Å². The van der Waals surface area contributed by atoms with Crippen LogP contribution in [0.15, 0.2) is 71.6 Å². The van der Waals surface area contributed by atoms with E-state index in [0.29, 0.717) is 16.3 Å². The van der Waals surface area contributed by atoms with E-state index in [0.717, 1.165) is 0 Å². The number of aryl methyl sites for hydroxylation is 1. The molecule has 0 radical (unpaired) electrons. The standard InChI is InChI=1S/C20H16ClN3O5S/c1-13-11-14(20(25)22-16-3-2-4-17(12-16)24(26)27)5-10-19(13)23-30(28,29)18-8-6-15(21)7-9-18/h2-12,23H,1H3,(H,22,25). The molecule has 0 aliphatic heterocycles. The maximum Gasteiger partial charge on any atom is 0.271 e. The molecule has 3 aromatic carbocycles. The van der Waals surface area contributed by atoms with Crippen LogP contribution in [0.5, 0.6) is 0 Å². The number of sulfonamides is 1. The van der Waals surface area contributed by atoms with Crippen LogP contribution < -0.4 is 10.0 Å². The van der Waals surface area contributed by atoms with Gasteiger partial charge in [-0.2, -0.15) is 0 Å². The van der Waals surface area contributed by atoms with Gasteiger partial charge in [-0.15, -0.1) is 0 Å². The molecule has 1 amide bonds. The lowest BCUT2D eigenvalue weighted by molar-refractivity contribution is -0.384. The Balaban J connectivity index is 1.78. The number of hydrogen-bond donors (Lipinski definition) is 2. The van der Waals surface area contributed by atoms with E-state index in [2.05, 4.69) is 10.0 Å². The van der Waals surface area contributed by atoms with Gasteiger partial charge in [-0.25, -0.2) is 8.42 Å². The Labute approximate surface area is 177 Å². The van der Waals surface area contributed by atoms with Gasteiger partial charge in [-0.1, -0.05) is 17.7 Å². The number of rotatable bonds is 6. The summed E-state index contributed by atoms with van der Waals surface area (Å²) in [6.07, 6.45) is 0. The molecular formula is C20H16ClN3O5S. The highest BCUT2D eigenvalue weighted by molar-refractivity contribution is 7.92. The summed E-state index contributed by atoms with van der Waals surface area (Å²) in [5.41, 5.74) is 1.25. The number of amides is 1. The number of anilines is 2. The maximum atomic E-state index is 12.5. The summed E-state index contributed by atoms with van der Waals surface area (Å²) in [5.74, 6) is -0.481. The van der Waals surface area contributed by atoms with Crippen molar-refractivity contribution in [3.05, 3.63) is 93.0 Å². The molecule has 3 aromatic rings. The Bertz CT molecular complexity index is 1230. The van der Waals surface area contributed by atoms with Crippen LogP contribution in [0.25, 0.3) is 0 Å². The van der Waals surface area contributed by atoms with Crippen LogP contribution in [0.1, 0.15) is 15.9 Å². The molecule has 0 spiro atoms. The fraction of sp³-hybridized carbons (Fsp3) is 0.0500. The lowest BCUT2D eigenvalue weighted by atomic mass is 10.1. The second kappa shape index (κ2) is 8.52. The van der Waals surface area contributed by atoms with Crippen molar-refractivity contribution in [2.75, 3.05) is 10.0 Å². The smallest absolute Gasteiger partial charge is 0.271 e. The molecule has 154 valence electrons. The molecule has 0 bridgehead atoms. The lowest BCUT2D eigenvalue weighted by Crippen LogP contribution is -2.15. The van der Waals surface area contributed by atoms with Crippen molar-refractivity contribution in [1.29, 1.82) is 0 Å². The highest BCUT2D eigenvalue weighted by Crippen LogP contribution is 2.23. The first-order chi connectivity index (χ1) is 14.2. The number of nitro groups is 1. The van der Waals surface area contributed by atoms with Crippen molar-refractivity contribution in [3.8, 4) is 0 Å². The van der Waals surface area contributed by atoms with Gasteiger partial charge in [0.1, 0.15) is 0 Å². The van der Waals surface area contributed by atoms with E-state index >= 15 is 0 Å². The topological polar surface area (TPSA) is 118 Å². The zero-order valence-electron chi connectivity index (χ0n) is 15.6. The summed E-state index contributed by atoms with van der Waals surface area (Å²) in [7, 11) is -3.82. The number of nitrogens with zero attached hydrogens (tertiary/aromatic N) is 1. The number of hydrogen-bond acceptors (Lipinski definition) is 5. The Hall–Kier alpha value is -3.43. The second-order valence-electron chi connectivity index (χ2n) is 6.35. The Morgan fingerprint density at radius 2 is 1.73 bits per heavy atom. The molecule has 30 heavy (non-hydrogen) atoms. The summed E-state index contributed by atoms with van der Waals surface area (Å²) in [5, 5.41) is 13.9. The summed E-state index contributed by atoms with van der Waals surface area (Å²) in [6.45, 7) is 1.66. The highest BCUT2D eigenvalue weighted by atomic mass is 35.5. The van der Waals surface area contributed by atoms with Gasteiger partial charge in [0.05, 0.1) is 15.5 Å². The van der Waals surface area contributed by atoms with E-state index in [1.807, 2.05) is 0 Å². The Morgan fingerprint density at radius 1 is 1.03 bits per heavy atom. The number of carbonyl (C=O) groups excluding carboxylic acids is 1. The molecular weight excluding hydrogens is 430 g/mol. The van der Waals surface area contributed by atoms with Gasteiger partial charge in [0, 0.05) is 28.4 Å². The molecule has 0 saturated heterocycles. The molecule has 10 heteroatoms. The maximum absolute atomic E-state index is 12.5. The molecule has 0 aromatic heterocycles. The fourth-order valence-electron chi connectivity index (χ4n) is 2.64. The average molecular weight is 446 g/mol. The summed E-state index contributed by atoms with van der Waals surface area (Å²) in [6, 6.07) is 15.8. The minimum Gasteiger partial charge on any atom is -0.322 e. The Morgan fingerprint density at radius 3 is 2.37 bits per heavy atom. The van der Waals surface area contributed by atoms with Gasteiger partial charge in [0.25, 0.3) is 21.6 Å². The largest absolute Gasteiger partial charge is 0.322 e. The van der Waals surface area contributed by atoms with Crippen LogP contribution >= 0.6 is 11.6 Å². The van der Waals surface area contributed by atoms with Crippen molar-refractivity contribution < 1.29 is 18.1 Å². The minimum atomic E-state index is -3.82. The third-order valence-electron chi connectivity index (χ3n) is 4.17. The number of nitro benzene ring substituents is 1. The van der Waals surface area contributed by atoms with Crippen LogP contribution in [-0.2, 0) is 10.0 Å². The molecule has 0 atom stereocenters. The molecule has 3 rings (SSSR count). The predicted octanol–water partition coefficient (Wildman–Crippen LogP) is 4.61. The molecule has 0 fully saturated rings. The number of halogens is 1. The zero-order chi connectivity index (χ0) is 21.9. The quantitative estimate of drug-likeness (QED) is 0.424. The minimum absolute atomic E-state index is 0.0544. The molecule has 0 aliphatic rings. The normalized spacial score (nSPS) is 11.0. The molecule has 0 saturated carbocycles. The van der Waals surface area contributed by atoms with Crippen LogP contribution in [0.2, 0.25) is 5.02 Å². The van der Waals surface area contributed by atoms with Crippen molar-refractivity contribution in [2.24, 2.45) is 0 Å². The fourth-order valence-corrected chi connectivity index (χ4v) is 3.89. The van der Waals surface area contributed by atoms with Crippen molar-refractivity contribution in [3.63, 3.8) is 0 Å². The van der Waals surface area contributed by atoms with E-state index in [4.69, 9.17) is 11.6 Å². The summed E-state index contributed by atoms with van der Waals surface area (Å²) < 4.78 is 27.5. The number of benzene rings is 3. The van der Waals surface area contributed by atoms with Gasteiger partial charge < -0.3 is 5.32 Å². The zero-order valence-corrected chi connectivity index (χ0v) is 17.2. The van der Waals surface area contributed by atoms with E-state index in [1.54, 1.807) is 6.92 Å². The van der Waals surface area contributed by atoms with Gasteiger partial charge in [-0.3, -0.25) is 19.6 Å². The van der Waals surface area contributed by atoms with E-state index in [9.17, 15) is 23.3 Å². The second-order valence-corrected chi connectivity index (χ2v) is 8.47. The van der Waals surface area contributed by atoms with Crippen molar-refractivity contribution in [1.82, 2.24) is 0 Å². The molecule has 0 unspecified atom stereocenters. The number of non-ortho nitro benzene ring substituents is 1. The van der Waals surface area contributed by atoms with Crippen LogP contribution in [0.3, 0.4) is 0 Å². The summed E-state index contributed by atoms with van der Waals surface area (Å²) >= 11 is 5.79. The monoisotopic (exact) mass is 445 g/mol.